The van der Waals surface area contributed by atoms with E-state index in [1.165, 1.54) is 0 Å². The first kappa shape index (κ1) is 14.8. The number of nitrogens with zero attached hydrogens (tertiary/aromatic N) is 5. The minimum absolute atomic E-state index is 0.0645. The lowest BCUT2D eigenvalue weighted by Crippen LogP contribution is -2.48. The van der Waals surface area contributed by atoms with E-state index in [4.69, 9.17) is 4.52 Å². The minimum atomic E-state index is -0.0645. The van der Waals surface area contributed by atoms with Gasteiger partial charge in [-0.1, -0.05) is 5.16 Å². The highest BCUT2D eigenvalue weighted by Crippen LogP contribution is 2.20. The van der Waals surface area contributed by atoms with Gasteiger partial charge < -0.3 is 4.52 Å². The van der Waals surface area contributed by atoms with Crippen molar-refractivity contribution in [3.05, 3.63) is 65.0 Å². The summed E-state index contributed by atoms with van der Waals surface area (Å²) in [7, 11) is 0. The lowest BCUT2D eigenvalue weighted by molar-refractivity contribution is 0.0765. The monoisotopic (exact) mass is 323 g/mol. The maximum absolute atomic E-state index is 12.1. The summed E-state index contributed by atoms with van der Waals surface area (Å²) in [5.74, 6) is 0.433. The average molecular weight is 323 g/mol. The molecule has 0 unspecified atom stereocenters. The Balaban J connectivity index is 1.41. The van der Waals surface area contributed by atoms with Crippen LogP contribution in [0.2, 0.25) is 0 Å². The Morgan fingerprint density at radius 2 is 2.00 bits per heavy atom. The summed E-state index contributed by atoms with van der Waals surface area (Å²) in [5, 5.41) is 8.21. The summed E-state index contributed by atoms with van der Waals surface area (Å²) in [4.78, 5) is 18.4. The van der Waals surface area contributed by atoms with Gasteiger partial charge in [0.25, 0.3) is 5.56 Å². The zero-order valence-corrected chi connectivity index (χ0v) is 13.1. The molecule has 3 aromatic rings. The molecular weight excluding hydrogens is 306 g/mol. The maximum Gasteiger partial charge on any atom is 0.266 e. The van der Waals surface area contributed by atoms with E-state index in [9.17, 15) is 4.79 Å². The van der Waals surface area contributed by atoms with Gasteiger partial charge in [-0.2, -0.15) is 5.10 Å². The molecule has 1 saturated heterocycles. The highest BCUT2D eigenvalue weighted by molar-refractivity contribution is 5.56. The first-order valence-corrected chi connectivity index (χ1v) is 7.87. The molecule has 24 heavy (non-hydrogen) atoms. The number of hydrogen-bond acceptors (Lipinski definition) is 6. The Morgan fingerprint density at radius 1 is 1.17 bits per heavy atom. The van der Waals surface area contributed by atoms with Crippen molar-refractivity contribution >= 4 is 0 Å². The second-order valence-corrected chi connectivity index (χ2v) is 6.07. The summed E-state index contributed by atoms with van der Waals surface area (Å²) in [6.07, 6.45) is 6.84. The molecule has 3 aromatic heterocycles. The highest BCUT2D eigenvalue weighted by Gasteiger charge is 2.27. The Kier molecular flexibility index (Phi) is 3.92. The fourth-order valence-electron chi connectivity index (χ4n) is 2.99. The summed E-state index contributed by atoms with van der Waals surface area (Å²) >= 11 is 0. The molecule has 4 heterocycles. The molecule has 0 aliphatic carbocycles. The lowest BCUT2D eigenvalue weighted by atomic mass is 10.00. The maximum atomic E-state index is 12.1. The molecule has 0 bridgehead atoms. The van der Waals surface area contributed by atoms with Crippen molar-refractivity contribution in [1.29, 1.82) is 0 Å². The first-order chi connectivity index (χ1) is 11.8. The van der Waals surface area contributed by atoms with Crippen LogP contribution in [0.1, 0.15) is 5.56 Å². The Bertz CT molecular complexity index is 854. The fourth-order valence-corrected chi connectivity index (χ4v) is 2.99. The van der Waals surface area contributed by atoms with Crippen LogP contribution >= 0.6 is 0 Å². The van der Waals surface area contributed by atoms with Crippen LogP contribution in [0.4, 0.5) is 0 Å². The van der Waals surface area contributed by atoms with Gasteiger partial charge in [0.2, 0.25) is 0 Å². The number of aromatic nitrogens is 4. The van der Waals surface area contributed by atoms with Crippen LogP contribution in [0.5, 0.6) is 0 Å². The first-order valence-electron chi connectivity index (χ1n) is 7.87. The van der Waals surface area contributed by atoms with Gasteiger partial charge >= 0.3 is 0 Å². The van der Waals surface area contributed by atoms with Gasteiger partial charge in [-0.15, -0.1) is 0 Å². The molecule has 122 valence electrons. The molecule has 1 aliphatic heterocycles. The van der Waals surface area contributed by atoms with E-state index >= 15 is 0 Å². The number of rotatable bonds is 5. The van der Waals surface area contributed by atoms with Crippen LogP contribution in [-0.4, -0.2) is 37.9 Å². The fraction of sp³-hybridized carbons (Fsp3) is 0.294. The molecule has 0 atom stereocenters. The highest BCUT2D eigenvalue weighted by atomic mass is 16.5. The van der Waals surface area contributed by atoms with Crippen molar-refractivity contribution in [3.8, 4) is 11.3 Å². The van der Waals surface area contributed by atoms with Gasteiger partial charge in [0.05, 0.1) is 18.4 Å². The van der Waals surface area contributed by atoms with Crippen molar-refractivity contribution in [2.24, 2.45) is 5.92 Å². The zero-order chi connectivity index (χ0) is 16.4. The minimum Gasteiger partial charge on any atom is -0.364 e. The van der Waals surface area contributed by atoms with Crippen molar-refractivity contribution in [3.63, 3.8) is 0 Å². The van der Waals surface area contributed by atoms with Crippen LogP contribution in [0, 0.1) is 5.92 Å². The van der Waals surface area contributed by atoms with E-state index in [1.54, 1.807) is 41.7 Å². The zero-order valence-electron chi connectivity index (χ0n) is 13.1. The van der Waals surface area contributed by atoms with Crippen molar-refractivity contribution < 1.29 is 4.52 Å². The SMILES string of the molecule is O=c1ccc(-c2ccncc2)nn1CC1CN(Cc2cnoc2)C1. The van der Waals surface area contributed by atoms with Crippen LogP contribution < -0.4 is 5.56 Å². The van der Waals surface area contributed by atoms with E-state index in [1.807, 2.05) is 12.1 Å². The van der Waals surface area contributed by atoms with Crippen molar-refractivity contribution in [1.82, 2.24) is 24.8 Å². The van der Waals surface area contributed by atoms with E-state index in [2.05, 4.69) is 20.1 Å². The number of hydrogen-bond donors (Lipinski definition) is 0. The second-order valence-electron chi connectivity index (χ2n) is 6.07. The molecule has 7 nitrogen and oxygen atoms in total. The predicted molar refractivity (Wildman–Crippen MR) is 87.0 cm³/mol. The van der Waals surface area contributed by atoms with E-state index in [-0.39, 0.29) is 5.56 Å². The molecular formula is C17H17N5O2. The Morgan fingerprint density at radius 3 is 2.75 bits per heavy atom. The summed E-state index contributed by atoms with van der Waals surface area (Å²) < 4.78 is 6.41. The Hall–Kier alpha value is -2.80. The second kappa shape index (κ2) is 6.37. The summed E-state index contributed by atoms with van der Waals surface area (Å²) in [6.45, 7) is 3.36. The molecule has 0 radical (unpaired) electrons. The van der Waals surface area contributed by atoms with Gasteiger partial charge in [-0.25, -0.2) is 4.68 Å². The van der Waals surface area contributed by atoms with Crippen LogP contribution in [0.3, 0.4) is 0 Å². The van der Waals surface area contributed by atoms with Crippen LogP contribution in [0.25, 0.3) is 11.3 Å². The van der Waals surface area contributed by atoms with E-state index in [0.29, 0.717) is 12.5 Å². The molecule has 0 N–H and O–H groups in total. The molecule has 4 rings (SSSR count). The third-order valence-electron chi connectivity index (χ3n) is 4.20. The largest absolute Gasteiger partial charge is 0.364 e. The number of pyridine rings is 1. The predicted octanol–water partition coefficient (Wildman–Crippen LogP) is 1.43. The van der Waals surface area contributed by atoms with Gasteiger partial charge in [0.1, 0.15) is 6.26 Å². The van der Waals surface area contributed by atoms with Crippen LogP contribution in [-0.2, 0) is 13.1 Å². The van der Waals surface area contributed by atoms with E-state index in [0.717, 1.165) is 36.5 Å². The average Bonchev–Trinajstić information content (AvgIpc) is 3.08. The summed E-state index contributed by atoms with van der Waals surface area (Å²) in [5.41, 5.74) is 2.76. The molecule has 1 fully saturated rings. The third-order valence-corrected chi connectivity index (χ3v) is 4.20. The van der Waals surface area contributed by atoms with E-state index < -0.39 is 0 Å². The molecule has 0 saturated carbocycles. The topological polar surface area (TPSA) is 77.1 Å². The smallest absolute Gasteiger partial charge is 0.266 e. The van der Waals surface area contributed by atoms with Crippen molar-refractivity contribution in [2.45, 2.75) is 13.1 Å². The normalized spacial score (nSPS) is 15.3. The van der Waals surface area contributed by atoms with Crippen molar-refractivity contribution in [2.75, 3.05) is 13.1 Å². The number of likely N-dealkylation sites (tertiary alicyclic amines) is 1. The quantitative estimate of drug-likeness (QED) is 0.707. The van der Waals surface area contributed by atoms with Gasteiger partial charge in [0.15, 0.2) is 0 Å². The van der Waals surface area contributed by atoms with Gasteiger partial charge in [-0.05, 0) is 18.2 Å². The Labute approximate surface area is 138 Å². The third kappa shape index (κ3) is 3.11. The van der Waals surface area contributed by atoms with Gasteiger partial charge in [0, 0.05) is 55.1 Å². The molecule has 7 heteroatoms. The standard InChI is InChI=1S/C17H17N5O2/c23-17-2-1-16(15-3-5-18-6-4-15)20-22(17)11-14-9-21(10-14)8-13-7-19-24-12-13/h1-7,12,14H,8-11H2. The summed E-state index contributed by atoms with van der Waals surface area (Å²) in [6, 6.07) is 7.12. The lowest BCUT2D eigenvalue weighted by Gasteiger charge is -2.38. The molecule has 0 spiro atoms. The van der Waals surface area contributed by atoms with Crippen LogP contribution in [0.15, 0.2) is 58.4 Å². The molecule has 0 aromatic carbocycles. The molecule has 1 aliphatic rings. The van der Waals surface area contributed by atoms with Gasteiger partial charge in [-0.3, -0.25) is 14.7 Å². The molecule has 0 amide bonds.